The van der Waals surface area contributed by atoms with Crippen molar-refractivity contribution in [3.05, 3.63) is 63.6 Å². The van der Waals surface area contributed by atoms with Crippen molar-refractivity contribution in [1.29, 1.82) is 0 Å². The zero-order valence-corrected chi connectivity index (χ0v) is 11.4. The van der Waals surface area contributed by atoms with Crippen molar-refractivity contribution in [2.75, 3.05) is 0 Å². The van der Waals surface area contributed by atoms with E-state index in [4.69, 9.17) is 10.8 Å². The topological polar surface area (TPSA) is 102 Å². The largest absolute Gasteiger partial charge is 0.477 e. The van der Waals surface area contributed by atoms with Crippen LogP contribution < -0.4 is 11.3 Å². The van der Waals surface area contributed by atoms with Gasteiger partial charge in [-0.1, -0.05) is 12.1 Å². The Hall–Kier alpha value is -2.89. The number of aromatic nitrogens is 1. The van der Waals surface area contributed by atoms with Gasteiger partial charge in [0.25, 0.3) is 5.56 Å². The number of hydrogen-bond donors (Lipinski definition) is 2. The highest BCUT2D eigenvalue weighted by Crippen LogP contribution is 2.11. The van der Waals surface area contributed by atoms with Gasteiger partial charge in [-0.05, 0) is 36.2 Å². The van der Waals surface area contributed by atoms with E-state index in [2.05, 4.69) is 0 Å². The van der Waals surface area contributed by atoms with Crippen LogP contribution in [0.4, 0.5) is 0 Å². The highest BCUT2D eigenvalue weighted by Gasteiger charge is 2.15. The number of hydrogen-bond acceptors (Lipinski definition) is 3. The van der Waals surface area contributed by atoms with Crippen LogP contribution in [0.5, 0.6) is 0 Å². The van der Waals surface area contributed by atoms with Crippen molar-refractivity contribution < 1.29 is 14.7 Å². The number of carboxylic acids is 1. The zero-order valence-electron chi connectivity index (χ0n) is 11.4. The molecule has 6 nitrogen and oxygen atoms in total. The molecule has 21 heavy (non-hydrogen) atoms. The fraction of sp³-hybridized carbons (Fsp3) is 0.133. The molecule has 0 radical (unpaired) electrons. The number of amides is 1. The lowest BCUT2D eigenvalue weighted by atomic mass is 10.1. The van der Waals surface area contributed by atoms with E-state index in [1.54, 1.807) is 37.3 Å². The Morgan fingerprint density at radius 3 is 2.62 bits per heavy atom. The van der Waals surface area contributed by atoms with Gasteiger partial charge in [0.2, 0.25) is 5.91 Å². The highest BCUT2D eigenvalue weighted by molar-refractivity contribution is 5.88. The van der Waals surface area contributed by atoms with Crippen LogP contribution in [0.2, 0.25) is 0 Å². The summed E-state index contributed by atoms with van der Waals surface area (Å²) >= 11 is 0. The normalized spacial score (nSPS) is 10.3. The molecule has 108 valence electrons. The summed E-state index contributed by atoms with van der Waals surface area (Å²) in [4.78, 5) is 34.4. The number of rotatable bonds is 4. The summed E-state index contributed by atoms with van der Waals surface area (Å²) in [6.45, 7) is 1.57. The van der Waals surface area contributed by atoms with Gasteiger partial charge < -0.3 is 10.8 Å². The number of pyridine rings is 1. The van der Waals surface area contributed by atoms with E-state index in [1.165, 1.54) is 10.8 Å². The van der Waals surface area contributed by atoms with Crippen molar-refractivity contribution >= 4 is 11.9 Å². The third kappa shape index (κ3) is 3.00. The maximum atomic E-state index is 12.3. The summed E-state index contributed by atoms with van der Waals surface area (Å²) in [6.07, 6.45) is 1.56. The first-order valence-electron chi connectivity index (χ1n) is 6.23. The molecule has 1 aromatic carbocycles. The molecule has 0 fully saturated rings. The van der Waals surface area contributed by atoms with E-state index in [9.17, 15) is 14.4 Å². The second-order valence-corrected chi connectivity index (χ2v) is 4.67. The summed E-state index contributed by atoms with van der Waals surface area (Å²) in [5, 5.41) is 9.12. The molecule has 6 heteroatoms. The van der Waals surface area contributed by atoms with E-state index in [0.717, 1.165) is 0 Å². The first-order chi connectivity index (χ1) is 9.90. The molecule has 0 bridgehead atoms. The number of benzene rings is 1. The molecule has 0 unspecified atom stereocenters. The van der Waals surface area contributed by atoms with Gasteiger partial charge in [-0.15, -0.1) is 0 Å². The molecule has 0 saturated carbocycles. The van der Waals surface area contributed by atoms with Crippen molar-refractivity contribution in [2.45, 2.75) is 13.3 Å². The molecular weight excluding hydrogens is 272 g/mol. The quantitative estimate of drug-likeness (QED) is 0.870. The molecule has 1 aromatic heterocycles. The van der Waals surface area contributed by atoms with Crippen LogP contribution in [-0.2, 0) is 11.2 Å². The molecule has 0 aliphatic carbocycles. The monoisotopic (exact) mass is 286 g/mol. The molecule has 2 rings (SSSR count). The van der Waals surface area contributed by atoms with Gasteiger partial charge in [0.1, 0.15) is 5.56 Å². The van der Waals surface area contributed by atoms with Gasteiger partial charge in [0.15, 0.2) is 0 Å². The number of aromatic carboxylic acids is 1. The Labute approximate surface area is 120 Å². The number of carboxylic acid groups (broad SMARTS) is 1. The number of primary amides is 1. The molecule has 0 atom stereocenters. The lowest BCUT2D eigenvalue weighted by Crippen LogP contribution is -2.26. The number of nitrogens with zero attached hydrogens (tertiary/aromatic N) is 1. The van der Waals surface area contributed by atoms with E-state index in [1.807, 2.05) is 0 Å². The molecule has 0 aliphatic heterocycles. The molecule has 0 aliphatic rings. The molecule has 0 spiro atoms. The number of carbonyl (C=O) groups is 2. The lowest BCUT2D eigenvalue weighted by Gasteiger charge is -2.09. The minimum atomic E-state index is -1.26. The third-order valence-corrected chi connectivity index (χ3v) is 3.08. The summed E-state index contributed by atoms with van der Waals surface area (Å²) in [5.41, 5.74) is 5.81. The van der Waals surface area contributed by atoms with Crippen LogP contribution in [0.25, 0.3) is 5.69 Å². The number of aryl methyl sites for hydroxylation is 1. The standard InChI is InChI=1S/C15H14N2O4/c1-9-5-6-17(14(19)13(9)15(20)21)11-4-2-3-10(7-11)8-12(16)18/h2-7H,8H2,1H3,(H2,16,18)(H,20,21). The van der Waals surface area contributed by atoms with Crippen molar-refractivity contribution in [2.24, 2.45) is 5.73 Å². The molecule has 0 saturated heterocycles. The van der Waals surface area contributed by atoms with Gasteiger partial charge in [-0.3, -0.25) is 14.2 Å². The molecule has 3 N–H and O–H groups in total. The van der Waals surface area contributed by atoms with Crippen molar-refractivity contribution in [3.8, 4) is 5.69 Å². The first-order valence-corrected chi connectivity index (χ1v) is 6.23. The summed E-state index contributed by atoms with van der Waals surface area (Å²) < 4.78 is 1.24. The van der Waals surface area contributed by atoms with E-state index in [-0.39, 0.29) is 12.0 Å². The highest BCUT2D eigenvalue weighted by atomic mass is 16.4. The predicted molar refractivity (Wildman–Crippen MR) is 76.6 cm³/mol. The molecular formula is C15H14N2O4. The van der Waals surface area contributed by atoms with Gasteiger partial charge in [-0.2, -0.15) is 0 Å². The van der Waals surface area contributed by atoms with Crippen LogP contribution in [0.3, 0.4) is 0 Å². The summed E-state index contributed by atoms with van der Waals surface area (Å²) in [7, 11) is 0. The van der Waals surface area contributed by atoms with E-state index in [0.29, 0.717) is 16.8 Å². The van der Waals surface area contributed by atoms with Crippen LogP contribution >= 0.6 is 0 Å². The minimum absolute atomic E-state index is 0.0558. The van der Waals surface area contributed by atoms with Gasteiger partial charge >= 0.3 is 5.97 Å². The summed E-state index contributed by atoms with van der Waals surface area (Å²) in [6, 6.07) is 8.25. The van der Waals surface area contributed by atoms with E-state index < -0.39 is 17.4 Å². The smallest absolute Gasteiger partial charge is 0.341 e. The Morgan fingerprint density at radius 2 is 2.00 bits per heavy atom. The Balaban J connectivity index is 2.58. The fourth-order valence-electron chi connectivity index (χ4n) is 2.11. The first kappa shape index (κ1) is 14.5. The van der Waals surface area contributed by atoms with Crippen LogP contribution in [0.1, 0.15) is 21.5 Å². The molecule has 1 heterocycles. The Kier molecular flexibility index (Phi) is 3.89. The van der Waals surface area contributed by atoms with Gasteiger partial charge in [-0.25, -0.2) is 4.79 Å². The van der Waals surface area contributed by atoms with Gasteiger partial charge in [0.05, 0.1) is 6.42 Å². The number of carbonyl (C=O) groups excluding carboxylic acids is 1. The maximum Gasteiger partial charge on any atom is 0.341 e. The second-order valence-electron chi connectivity index (χ2n) is 4.67. The Bertz CT molecular complexity index is 777. The van der Waals surface area contributed by atoms with Crippen LogP contribution in [-0.4, -0.2) is 21.6 Å². The molecule has 1 amide bonds. The van der Waals surface area contributed by atoms with Crippen LogP contribution in [0, 0.1) is 6.92 Å². The molecule has 2 aromatic rings. The van der Waals surface area contributed by atoms with Crippen molar-refractivity contribution in [1.82, 2.24) is 4.57 Å². The third-order valence-electron chi connectivity index (χ3n) is 3.08. The maximum absolute atomic E-state index is 12.3. The Morgan fingerprint density at radius 1 is 1.29 bits per heavy atom. The lowest BCUT2D eigenvalue weighted by molar-refractivity contribution is -0.117. The zero-order chi connectivity index (χ0) is 15.6. The average molecular weight is 286 g/mol. The fourth-order valence-corrected chi connectivity index (χ4v) is 2.11. The van der Waals surface area contributed by atoms with E-state index >= 15 is 0 Å². The van der Waals surface area contributed by atoms with Crippen LogP contribution in [0.15, 0.2) is 41.3 Å². The summed E-state index contributed by atoms with van der Waals surface area (Å²) in [5.74, 6) is -1.74. The second kappa shape index (κ2) is 5.62. The average Bonchev–Trinajstić information content (AvgIpc) is 2.37. The number of nitrogens with two attached hydrogens (primary N) is 1. The SMILES string of the molecule is Cc1ccn(-c2cccc(CC(N)=O)c2)c(=O)c1C(=O)O. The van der Waals surface area contributed by atoms with Crippen molar-refractivity contribution in [3.63, 3.8) is 0 Å². The van der Waals surface area contributed by atoms with Gasteiger partial charge in [0, 0.05) is 11.9 Å². The predicted octanol–water partition coefficient (Wildman–Crippen LogP) is 0.872. The minimum Gasteiger partial charge on any atom is -0.477 e.